The standard InChI is InChI=1S/C14H26N2O/c1-14(8-3-2-4-9-14)16-13(17)11-6-5-7-12(15)10-11/h11-12H,2-10,15H2,1H3,(H,16,17). The van der Waals surface area contributed by atoms with E-state index in [1.54, 1.807) is 0 Å². The van der Waals surface area contributed by atoms with Crippen LogP contribution in [0.25, 0.3) is 0 Å². The third-order valence-corrected chi connectivity index (χ3v) is 4.47. The molecule has 0 aromatic rings. The molecule has 0 bridgehead atoms. The van der Waals surface area contributed by atoms with E-state index in [1.807, 2.05) is 0 Å². The molecule has 0 spiro atoms. The van der Waals surface area contributed by atoms with Crippen LogP contribution >= 0.6 is 0 Å². The number of hydrogen-bond acceptors (Lipinski definition) is 2. The second kappa shape index (κ2) is 5.38. The molecule has 17 heavy (non-hydrogen) atoms. The fourth-order valence-corrected chi connectivity index (χ4v) is 3.32. The van der Waals surface area contributed by atoms with Crippen LogP contribution in [-0.4, -0.2) is 17.5 Å². The minimum atomic E-state index is 0.0525. The molecular weight excluding hydrogens is 212 g/mol. The highest BCUT2D eigenvalue weighted by atomic mass is 16.2. The number of carbonyl (C=O) groups excluding carboxylic acids is 1. The Morgan fingerprint density at radius 1 is 1.18 bits per heavy atom. The molecule has 3 N–H and O–H groups in total. The van der Waals surface area contributed by atoms with Crippen LogP contribution in [0, 0.1) is 5.92 Å². The Balaban J connectivity index is 1.87. The van der Waals surface area contributed by atoms with Crippen LogP contribution in [-0.2, 0) is 4.79 Å². The first kappa shape index (κ1) is 12.9. The molecule has 2 atom stereocenters. The maximum absolute atomic E-state index is 12.3. The molecule has 0 radical (unpaired) electrons. The molecule has 2 aliphatic carbocycles. The first-order valence-corrected chi connectivity index (χ1v) is 7.17. The zero-order chi connectivity index (χ0) is 12.3. The summed E-state index contributed by atoms with van der Waals surface area (Å²) < 4.78 is 0. The van der Waals surface area contributed by atoms with Gasteiger partial charge in [0.25, 0.3) is 0 Å². The predicted molar refractivity (Wildman–Crippen MR) is 69.6 cm³/mol. The Kier molecular flexibility index (Phi) is 4.08. The number of nitrogens with two attached hydrogens (primary N) is 1. The van der Waals surface area contributed by atoms with E-state index in [0.717, 1.165) is 38.5 Å². The van der Waals surface area contributed by atoms with E-state index in [9.17, 15) is 4.79 Å². The topological polar surface area (TPSA) is 55.1 Å². The van der Waals surface area contributed by atoms with Crippen molar-refractivity contribution in [1.29, 1.82) is 0 Å². The van der Waals surface area contributed by atoms with Gasteiger partial charge in [-0.1, -0.05) is 25.7 Å². The minimum absolute atomic E-state index is 0.0525. The molecule has 2 unspecified atom stereocenters. The summed E-state index contributed by atoms with van der Waals surface area (Å²) in [6.45, 7) is 2.20. The Morgan fingerprint density at radius 3 is 2.53 bits per heavy atom. The average Bonchev–Trinajstić information content (AvgIpc) is 2.29. The van der Waals surface area contributed by atoms with Crippen molar-refractivity contribution in [3.05, 3.63) is 0 Å². The highest BCUT2D eigenvalue weighted by molar-refractivity contribution is 5.79. The van der Waals surface area contributed by atoms with Gasteiger partial charge in [0.2, 0.25) is 5.91 Å². The number of amides is 1. The van der Waals surface area contributed by atoms with E-state index in [2.05, 4.69) is 12.2 Å². The summed E-state index contributed by atoms with van der Waals surface area (Å²) in [6.07, 6.45) is 10.2. The Morgan fingerprint density at radius 2 is 1.88 bits per heavy atom. The SMILES string of the molecule is CC1(NC(=O)C2CCCC(N)C2)CCCCC1. The van der Waals surface area contributed by atoms with E-state index in [4.69, 9.17) is 5.73 Å². The van der Waals surface area contributed by atoms with Crippen LogP contribution in [0.2, 0.25) is 0 Å². The lowest BCUT2D eigenvalue weighted by molar-refractivity contribution is -0.128. The normalized spacial score (nSPS) is 33.1. The molecule has 1 amide bonds. The molecule has 2 aliphatic rings. The van der Waals surface area contributed by atoms with E-state index in [0.29, 0.717) is 0 Å². The lowest BCUT2D eigenvalue weighted by Crippen LogP contribution is -2.50. The highest BCUT2D eigenvalue weighted by Crippen LogP contribution is 2.29. The van der Waals surface area contributed by atoms with Crippen LogP contribution in [0.4, 0.5) is 0 Å². The van der Waals surface area contributed by atoms with Crippen LogP contribution in [0.1, 0.15) is 64.7 Å². The van der Waals surface area contributed by atoms with Gasteiger partial charge in [0.05, 0.1) is 0 Å². The smallest absolute Gasteiger partial charge is 0.223 e. The molecule has 2 rings (SSSR count). The molecular formula is C14H26N2O. The van der Waals surface area contributed by atoms with Crippen molar-refractivity contribution in [2.24, 2.45) is 11.7 Å². The van der Waals surface area contributed by atoms with Crippen LogP contribution in [0.5, 0.6) is 0 Å². The Labute approximate surface area is 105 Å². The number of hydrogen-bond donors (Lipinski definition) is 2. The largest absolute Gasteiger partial charge is 0.351 e. The van der Waals surface area contributed by atoms with Gasteiger partial charge in [-0.15, -0.1) is 0 Å². The summed E-state index contributed by atoms with van der Waals surface area (Å²) >= 11 is 0. The van der Waals surface area contributed by atoms with Crippen molar-refractivity contribution in [1.82, 2.24) is 5.32 Å². The fourth-order valence-electron chi connectivity index (χ4n) is 3.32. The molecule has 0 aromatic heterocycles. The zero-order valence-electron chi connectivity index (χ0n) is 11.0. The maximum Gasteiger partial charge on any atom is 0.223 e. The molecule has 98 valence electrons. The molecule has 3 nitrogen and oxygen atoms in total. The van der Waals surface area contributed by atoms with Gasteiger partial charge in [-0.2, -0.15) is 0 Å². The zero-order valence-corrected chi connectivity index (χ0v) is 11.0. The molecule has 2 saturated carbocycles. The van der Waals surface area contributed by atoms with E-state index in [-0.39, 0.29) is 23.4 Å². The van der Waals surface area contributed by atoms with Gasteiger partial charge in [0, 0.05) is 17.5 Å². The molecule has 2 fully saturated rings. The van der Waals surface area contributed by atoms with Crippen molar-refractivity contribution in [2.75, 3.05) is 0 Å². The summed E-state index contributed by atoms with van der Waals surface area (Å²) in [6, 6.07) is 0.235. The van der Waals surface area contributed by atoms with Crippen molar-refractivity contribution < 1.29 is 4.79 Å². The van der Waals surface area contributed by atoms with Gasteiger partial charge in [-0.05, 0) is 39.0 Å². The third kappa shape index (κ3) is 3.44. The molecule has 0 saturated heterocycles. The van der Waals surface area contributed by atoms with Crippen molar-refractivity contribution >= 4 is 5.91 Å². The Hall–Kier alpha value is -0.570. The number of carbonyl (C=O) groups is 1. The molecule has 0 aliphatic heterocycles. The second-order valence-corrected chi connectivity index (χ2v) is 6.23. The molecule has 0 heterocycles. The van der Waals surface area contributed by atoms with Gasteiger partial charge in [0.1, 0.15) is 0 Å². The quantitative estimate of drug-likeness (QED) is 0.776. The summed E-state index contributed by atoms with van der Waals surface area (Å²) in [5.41, 5.74) is 6.00. The summed E-state index contributed by atoms with van der Waals surface area (Å²) in [5.74, 6) is 0.419. The first-order chi connectivity index (χ1) is 8.09. The number of rotatable bonds is 2. The lowest BCUT2D eigenvalue weighted by Gasteiger charge is -2.37. The first-order valence-electron chi connectivity index (χ1n) is 7.17. The van der Waals surface area contributed by atoms with Gasteiger partial charge >= 0.3 is 0 Å². The minimum Gasteiger partial charge on any atom is -0.351 e. The van der Waals surface area contributed by atoms with Crippen molar-refractivity contribution in [3.63, 3.8) is 0 Å². The predicted octanol–water partition coefficient (Wildman–Crippen LogP) is 2.34. The van der Waals surface area contributed by atoms with Crippen LogP contribution < -0.4 is 11.1 Å². The fraction of sp³-hybridized carbons (Fsp3) is 0.929. The molecule has 3 heteroatoms. The van der Waals surface area contributed by atoms with Crippen molar-refractivity contribution in [2.45, 2.75) is 76.3 Å². The van der Waals surface area contributed by atoms with E-state index < -0.39 is 0 Å². The highest BCUT2D eigenvalue weighted by Gasteiger charge is 2.32. The van der Waals surface area contributed by atoms with E-state index in [1.165, 1.54) is 19.3 Å². The van der Waals surface area contributed by atoms with E-state index >= 15 is 0 Å². The van der Waals surface area contributed by atoms with Crippen LogP contribution in [0.3, 0.4) is 0 Å². The number of nitrogens with one attached hydrogen (secondary N) is 1. The van der Waals surface area contributed by atoms with Gasteiger partial charge < -0.3 is 11.1 Å². The monoisotopic (exact) mass is 238 g/mol. The maximum atomic E-state index is 12.3. The lowest BCUT2D eigenvalue weighted by atomic mass is 9.81. The summed E-state index contributed by atoms with van der Waals surface area (Å²) in [5, 5.41) is 3.29. The third-order valence-electron chi connectivity index (χ3n) is 4.47. The van der Waals surface area contributed by atoms with Crippen LogP contribution in [0.15, 0.2) is 0 Å². The van der Waals surface area contributed by atoms with Crippen molar-refractivity contribution in [3.8, 4) is 0 Å². The second-order valence-electron chi connectivity index (χ2n) is 6.23. The van der Waals surface area contributed by atoms with Gasteiger partial charge in [-0.25, -0.2) is 0 Å². The van der Waals surface area contributed by atoms with Gasteiger partial charge in [0.15, 0.2) is 0 Å². The summed E-state index contributed by atoms with van der Waals surface area (Å²) in [4.78, 5) is 12.3. The summed E-state index contributed by atoms with van der Waals surface area (Å²) in [7, 11) is 0. The molecule has 0 aromatic carbocycles. The average molecular weight is 238 g/mol. The van der Waals surface area contributed by atoms with Gasteiger partial charge in [-0.3, -0.25) is 4.79 Å². The Bertz CT molecular complexity index is 271.